The molecule has 0 saturated heterocycles. The fraction of sp³-hybridized carbons (Fsp3) is 0.667. The smallest absolute Gasteiger partial charge is 0.330 e. The lowest BCUT2D eigenvalue weighted by atomic mass is 10.2. The summed E-state index contributed by atoms with van der Waals surface area (Å²) in [6.07, 6.45) is 6.76. The number of benzene rings is 1. The van der Waals surface area contributed by atoms with Gasteiger partial charge in [-0.1, -0.05) is 51.7 Å². The van der Waals surface area contributed by atoms with Gasteiger partial charge in [0.05, 0.1) is 26.5 Å². The lowest BCUT2D eigenvalue weighted by Crippen LogP contribution is -2.02. The van der Waals surface area contributed by atoms with Crippen molar-refractivity contribution in [2.75, 3.05) is 19.9 Å². The molecule has 0 heterocycles. The highest BCUT2D eigenvalue weighted by Gasteiger charge is 2.23. The van der Waals surface area contributed by atoms with Crippen molar-refractivity contribution in [3.05, 3.63) is 29.8 Å². The summed E-state index contributed by atoms with van der Waals surface area (Å²) in [7, 11) is -1.36. The maximum Gasteiger partial charge on any atom is 0.330 e. The highest BCUT2D eigenvalue weighted by Crippen LogP contribution is 2.49. The van der Waals surface area contributed by atoms with Gasteiger partial charge in [0.25, 0.3) is 0 Å². The number of ether oxygens (including phenoxy) is 1. The minimum atomic E-state index is -3.00. The molecule has 1 unspecified atom stereocenters. The van der Waals surface area contributed by atoms with Crippen LogP contribution in [0.25, 0.3) is 0 Å². The van der Waals surface area contributed by atoms with Crippen LogP contribution in [-0.2, 0) is 20.2 Å². The Morgan fingerprint density at radius 3 is 2.22 bits per heavy atom. The molecule has 23 heavy (non-hydrogen) atoms. The maximum absolute atomic E-state index is 12.8. The first-order valence-electron chi connectivity index (χ1n) is 8.64. The molecule has 0 amide bonds. The maximum atomic E-state index is 12.8. The minimum Gasteiger partial charge on any atom is -0.497 e. The van der Waals surface area contributed by atoms with Crippen molar-refractivity contribution < 1.29 is 18.3 Å². The summed E-state index contributed by atoms with van der Waals surface area (Å²) in [6.45, 7) is 5.07. The zero-order chi connectivity index (χ0) is 17.0. The van der Waals surface area contributed by atoms with E-state index in [-0.39, 0.29) is 0 Å². The number of methoxy groups -OCH3 is 1. The van der Waals surface area contributed by atoms with E-state index in [1.165, 1.54) is 12.8 Å². The number of rotatable bonds is 13. The lowest BCUT2D eigenvalue weighted by Gasteiger charge is -2.18. The van der Waals surface area contributed by atoms with Crippen LogP contribution in [0.2, 0.25) is 0 Å². The third-order valence-corrected chi connectivity index (χ3v) is 5.62. The van der Waals surface area contributed by atoms with E-state index in [9.17, 15) is 4.57 Å². The Labute approximate surface area is 141 Å². The van der Waals surface area contributed by atoms with Crippen LogP contribution in [0.4, 0.5) is 0 Å². The van der Waals surface area contributed by atoms with Crippen molar-refractivity contribution in [3.63, 3.8) is 0 Å². The quantitative estimate of drug-likeness (QED) is 0.335. The first-order chi connectivity index (χ1) is 11.1. The Hall–Kier alpha value is -0.830. The average Bonchev–Trinajstić information content (AvgIpc) is 2.59. The standard InChI is InChI=1S/C18H31O4P/c1-4-6-8-9-14-21-23(19,15-7-5-2)22-16-17-10-12-18(20-3)13-11-17/h10-13H,4-9,14-16H2,1-3H3. The van der Waals surface area contributed by atoms with Gasteiger partial charge in [0.1, 0.15) is 5.75 Å². The van der Waals surface area contributed by atoms with Crippen molar-refractivity contribution >= 4 is 7.60 Å². The number of unbranched alkanes of at least 4 members (excludes halogenated alkanes) is 4. The van der Waals surface area contributed by atoms with Crippen molar-refractivity contribution in [2.45, 2.75) is 59.0 Å². The summed E-state index contributed by atoms with van der Waals surface area (Å²) in [4.78, 5) is 0. The predicted octanol–water partition coefficient (Wildman–Crippen LogP) is 5.80. The summed E-state index contributed by atoms with van der Waals surface area (Å²) in [5.41, 5.74) is 0.970. The monoisotopic (exact) mass is 342 g/mol. The third-order valence-electron chi connectivity index (χ3n) is 3.66. The molecule has 0 N–H and O–H groups in total. The Balaban J connectivity index is 2.49. The first kappa shape index (κ1) is 20.2. The number of hydrogen-bond acceptors (Lipinski definition) is 4. The second-order valence-electron chi connectivity index (χ2n) is 5.70. The highest BCUT2D eigenvalue weighted by atomic mass is 31.2. The summed E-state index contributed by atoms with van der Waals surface area (Å²) >= 11 is 0. The second-order valence-corrected chi connectivity index (χ2v) is 7.89. The third kappa shape index (κ3) is 8.55. The van der Waals surface area contributed by atoms with Gasteiger partial charge >= 0.3 is 7.60 Å². The minimum absolute atomic E-state index is 0.306. The molecule has 1 aromatic carbocycles. The van der Waals surface area contributed by atoms with Crippen LogP contribution in [0.1, 0.15) is 57.9 Å². The van der Waals surface area contributed by atoms with Crippen LogP contribution in [0, 0.1) is 0 Å². The van der Waals surface area contributed by atoms with Gasteiger partial charge in [-0.15, -0.1) is 0 Å². The van der Waals surface area contributed by atoms with Gasteiger partial charge in [0.2, 0.25) is 0 Å². The summed E-state index contributed by atoms with van der Waals surface area (Å²) in [6, 6.07) is 7.59. The number of hydrogen-bond donors (Lipinski definition) is 0. The molecule has 0 aliphatic heterocycles. The summed E-state index contributed by atoms with van der Waals surface area (Å²) in [5, 5.41) is 0. The van der Waals surface area contributed by atoms with Crippen LogP contribution in [0.15, 0.2) is 24.3 Å². The molecule has 0 radical (unpaired) electrons. The first-order valence-corrected chi connectivity index (χ1v) is 10.4. The predicted molar refractivity (Wildman–Crippen MR) is 95.3 cm³/mol. The second kappa shape index (κ2) is 11.7. The zero-order valence-electron chi connectivity index (χ0n) is 14.8. The molecule has 0 aromatic heterocycles. The Bertz CT molecular complexity index is 459. The molecule has 132 valence electrons. The molecular weight excluding hydrogens is 311 g/mol. The summed E-state index contributed by atoms with van der Waals surface area (Å²) in [5.74, 6) is 0.801. The van der Waals surface area contributed by atoms with E-state index in [0.717, 1.165) is 37.0 Å². The van der Waals surface area contributed by atoms with E-state index in [1.54, 1.807) is 7.11 Å². The van der Waals surface area contributed by atoms with Crippen molar-refractivity contribution in [1.29, 1.82) is 0 Å². The molecule has 0 bridgehead atoms. The van der Waals surface area contributed by atoms with Crippen LogP contribution in [0.5, 0.6) is 5.75 Å². The van der Waals surface area contributed by atoms with Crippen molar-refractivity contribution in [3.8, 4) is 5.75 Å². The topological polar surface area (TPSA) is 44.8 Å². The van der Waals surface area contributed by atoms with E-state index in [1.807, 2.05) is 24.3 Å². The van der Waals surface area contributed by atoms with Crippen molar-refractivity contribution in [1.82, 2.24) is 0 Å². The molecule has 0 aliphatic rings. The molecule has 0 spiro atoms. The van der Waals surface area contributed by atoms with E-state index in [0.29, 0.717) is 19.4 Å². The van der Waals surface area contributed by atoms with Gasteiger partial charge in [-0.25, -0.2) is 0 Å². The molecule has 0 fully saturated rings. The van der Waals surface area contributed by atoms with Crippen LogP contribution in [0.3, 0.4) is 0 Å². The fourth-order valence-electron chi connectivity index (χ4n) is 2.15. The zero-order valence-corrected chi connectivity index (χ0v) is 15.6. The van der Waals surface area contributed by atoms with Gasteiger partial charge in [0.15, 0.2) is 0 Å². The molecule has 5 heteroatoms. The van der Waals surface area contributed by atoms with Crippen molar-refractivity contribution in [2.24, 2.45) is 0 Å². The van der Waals surface area contributed by atoms with Gasteiger partial charge < -0.3 is 13.8 Å². The molecule has 1 rings (SSSR count). The van der Waals surface area contributed by atoms with E-state index >= 15 is 0 Å². The van der Waals surface area contributed by atoms with Crippen LogP contribution >= 0.6 is 7.60 Å². The van der Waals surface area contributed by atoms with Gasteiger partial charge in [-0.2, -0.15) is 0 Å². The largest absolute Gasteiger partial charge is 0.497 e. The summed E-state index contributed by atoms with van der Waals surface area (Å²) < 4.78 is 29.3. The fourth-order valence-corrected chi connectivity index (χ4v) is 3.93. The van der Waals surface area contributed by atoms with Crippen LogP contribution in [-0.4, -0.2) is 19.9 Å². The molecule has 0 saturated carbocycles. The average molecular weight is 342 g/mol. The van der Waals surface area contributed by atoms with Crippen LogP contribution < -0.4 is 4.74 Å². The van der Waals surface area contributed by atoms with E-state index in [4.69, 9.17) is 13.8 Å². The Morgan fingerprint density at radius 1 is 0.913 bits per heavy atom. The van der Waals surface area contributed by atoms with E-state index in [2.05, 4.69) is 13.8 Å². The molecular formula is C18H31O4P. The Morgan fingerprint density at radius 2 is 1.61 bits per heavy atom. The molecule has 1 aromatic rings. The Kier molecular flexibility index (Phi) is 10.3. The van der Waals surface area contributed by atoms with Gasteiger partial charge in [-0.05, 0) is 30.5 Å². The molecule has 1 atom stereocenters. The molecule has 0 aliphatic carbocycles. The van der Waals surface area contributed by atoms with Gasteiger partial charge in [-0.3, -0.25) is 4.57 Å². The lowest BCUT2D eigenvalue weighted by molar-refractivity contribution is 0.194. The SMILES string of the molecule is CCCCCCOP(=O)(CCCC)OCc1ccc(OC)cc1. The van der Waals surface area contributed by atoms with Gasteiger partial charge in [0, 0.05) is 0 Å². The molecule has 4 nitrogen and oxygen atoms in total. The highest BCUT2D eigenvalue weighted by molar-refractivity contribution is 7.53. The normalized spacial score (nSPS) is 13.7. The van der Waals surface area contributed by atoms with E-state index < -0.39 is 7.60 Å².